The number of ether oxygens (including phenoxy) is 1. The zero-order chi connectivity index (χ0) is 14.4. The smallest absolute Gasteiger partial charge is 0.161 e. The number of nitrogens with zero attached hydrogens (tertiary/aromatic N) is 2. The largest absolute Gasteiger partial charge is 0.493 e. The molecular formula is C15H23N3OS. The van der Waals surface area contributed by atoms with Gasteiger partial charge in [-0.15, -0.1) is 0 Å². The predicted octanol–water partition coefficient (Wildman–Crippen LogP) is 3.26. The molecule has 0 saturated carbocycles. The zero-order valence-corrected chi connectivity index (χ0v) is 13.2. The van der Waals surface area contributed by atoms with Crippen LogP contribution in [0.5, 0.6) is 5.75 Å². The normalized spacial score (nSPS) is 12.6. The Morgan fingerprint density at radius 1 is 1.45 bits per heavy atom. The highest BCUT2D eigenvalue weighted by Gasteiger charge is 2.21. The van der Waals surface area contributed by atoms with Crippen molar-refractivity contribution in [1.82, 2.24) is 15.1 Å². The summed E-state index contributed by atoms with van der Waals surface area (Å²) in [6.45, 7) is 6.15. The molecule has 0 aliphatic carbocycles. The number of hydrogen-bond acceptors (Lipinski definition) is 4. The lowest BCUT2D eigenvalue weighted by Crippen LogP contribution is -2.26. The maximum Gasteiger partial charge on any atom is 0.161 e. The Hall–Kier alpha value is -1.33. The quantitative estimate of drug-likeness (QED) is 0.812. The lowest BCUT2D eigenvalue weighted by atomic mass is 10.0. The van der Waals surface area contributed by atoms with Crippen LogP contribution in [0.25, 0.3) is 0 Å². The van der Waals surface area contributed by atoms with Crippen LogP contribution in [0.3, 0.4) is 0 Å². The van der Waals surface area contributed by atoms with Crippen molar-refractivity contribution in [3.8, 4) is 5.75 Å². The fourth-order valence-corrected chi connectivity index (χ4v) is 3.11. The second-order valence-corrected chi connectivity index (χ2v) is 5.55. The van der Waals surface area contributed by atoms with Crippen molar-refractivity contribution in [1.29, 1.82) is 0 Å². The van der Waals surface area contributed by atoms with Gasteiger partial charge >= 0.3 is 0 Å². The molecule has 0 saturated heterocycles. The van der Waals surface area contributed by atoms with E-state index in [0.717, 1.165) is 37.4 Å². The Bertz CT molecular complexity index is 507. The molecular weight excluding hydrogens is 270 g/mol. The summed E-state index contributed by atoms with van der Waals surface area (Å²) in [5.41, 5.74) is 2.51. The van der Waals surface area contributed by atoms with E-state index < -0.39 is 0 Å². The van der Waals surface area contributed by atoms with Gasteiger partial charge in [0.15, 0.2) is 5.75 Å². The third kappa shape index (κ3) is 3.41. The summed E-state index contributed by atoms with van der Waals surface area (Å²) < 4.78 is 7.57. The second-order valence-electron chi connectivity index (χ2n) is 4.77. The summed E-state index contributed by atoms with van der Waals surface area (Å²) in [6.07, 6.45) is 3.85. The van der Waals surface area contributed by atoms with Gasteiger partial charge in [-0.05, 0) is 41.8 Å². The topological polar surface area (TPSA) is 39.1 Å². The summed E-state index contributed by atoms with van der Waals surface area (Å²) in [6, 6.07) is 2.42. The Morgan fingerprint density at radius 2 is 2.30 bits per heavy atom. The van der Waals surface area contributed by atoms with Gasteiger partial charge in [0.25, 0.3) is 0 Å². The van der Waals surface area contributed by atoms with Gasteiger partial charge in [0.1, 0.15) is 0 Å². The minimum absolute atomic E-state index is 0.235. The summed E-state index contributed by atoms with van der Waals surface area (Å²) in [4.78, 5) is 0. The van der Waals surface area contributed by atoms with Gasteiger partial charge in [0.05, 0.1) is 25.0 Å². The van der Waals surface area contributed by atoms with Gasteiger partial charge in [0, 0.05) is 6.54 Å². The molecule has 1 unspecified atom stereocenters. The molecule has 0 aliphatic rings. The highest BCUT2D eigenvalue weighted by atomic mass is 32.1. The SMILES string of the molecule is CCCn1ncc(OC)c1C(Cc1ccsc1)NCC. The maximum atomic E-state index is 5.50. The Labute approximate surface area is 124 Å². The first-order valence-corrected chi connectivity index (χ1v) is 8.08. The number of likely N-dealkylation sites (N-methyl/N-ethyl adjacent to an activating group) is 1. The average Bonchev–Trinajstić information content (AvgIpc) is 3.08. The molecule has 2 aromatic heterocycles. The van der Waals surface area contributed by atoms with E-state index in [1.807, 2.05) is 6.20 Å². The fraction of sp³-hybridized carbons (Fsp3) is 0.533. The second kappa shape index (κ2) is 7.45. The molecule has 4 nitrogen and oxygen atoms in total. The summed E-state index contributed by atoms with van der Waals surface area (Å²) >= 11 is 1.74. The number of nitrogens with one attached hydrogen (secondary N) is 1. The molecule has 1 N–H and O–H groups in total. The van der Waals surface area contributed by atoms with E-state index in [4.69, 9.17) is 4.74 Å². The third-order valence-electron chi connectivity index (χ3n) is 3.30. The molecule has 0 bridgehead atoms. The van der Waals surface area contributed by atoms with Crippen LogP contribution in [-0.2, 0) is 13.0 Å². The van der Waals surface area contributed by atoms with Crippen molar-refractivity contribution in [2.24, 2.45) is 0 Å². The van der Waals surface area contributed by atoms with Crippen LogP contribution in [-0.4, -0.2) is 23.4 Å². The van der Waals surface area contributed by atoms with Gasteiger partial charge in [-0.1, -0.05) is 13.8 Å². The van der Waals surface area contributed by atoms with E-state index in [1.165, 1.54) is 5.56 Å². The van der Waals surface area contributed by atoms with Gasteiger partial charge < -0.3 is 10.1 Å². The van der Waals surface area contributed by atoms with Crippen molar-refractivity contribution >= 4 is 11.3 Å². The highest BCUT2D eigenvalue weighted by molar-refractivity contribution is 7.07. The lowest BCUT2D eigenvalue weighted by Gasteiger charge is -2.20. The maximum absolute atomic E-state index is 5.50. The molecule has 0 spiro atoms. The molecule has 2 rings (SSSR count). The van der Waals surface area contributed by atoms with Gasteiger partial charge in [-0.2, -0.15) is 16.4 Å². The Morgan fingerprint density at radius 3 is 2.90 bits per heavy atom. The lowest BCUT2D eigenvalue weighted by molar-refractivity contribution is 0.390. The summed E-state index contributed by atoms with van der Waals surface area (Å²) in [7, 11) is 1.71. The Balaban J connectivity index is 2.29. The van der Waals surface area contributed by atoms with Crippen molar-refractivity contribution in [3.05, 3.63) is 34.3 Å². The monoisotopic (exact) mass is 293 g/mol. The summed E-state index contributed by atoms with van der Waals surface area (Å²) in [5, 5.41) is 12.4. The molecule has 20 heavy (non-hydrogen) atoms. The first kappa shape index (κ1) is 15.1. The van der Waals surface area contributed by atoms with E-state index in [1.54, 1.807) is 18.4 Å². The number of methoxy groups -OCH3 is 1. The standard InChI is InChI=1S/C15H23N3OS/c1-4-7-18-15(14(19-3)10-17-18)13(16-5-2)9-12-6-8-20-11-12/h6,8,10-11,13,16H,4-5,7,9H2,1-3H3. The third-order valence-corrected chi connectivity index (χ3v) is 4.03. The number of hydrogen-bond donors (Lipinski definition) is 1. The molecule has 0 aromatic carbocycles. The molecule has 5 heteroatoms. The molecule has 2 aromatic rings. The molecule has 0 fully saturated rings. The van der Waals surface area contributed by atoms with Crippen molar-refractivity contribution in [3.63, 3.8) is 0 Å². The van der Waals surface area contributed by atoms with Crippen molar-refractivity contribution < 1.29 is 4.74 Å². The van der Waals surface area contributed by atoms with E-state index >= 15 is 0 Å². The number of aryl methyl sites for hydroxylation is 1. The van der Waals surface area contributed by atoms with E-state index in [-0.39, 0.29) is 6.04 Å². The van der Waals surface area contributed by atoms with Crippen molar-refractivity contribution in [2.45, 2.75) is 39.3 Å². The van der Waals surface area contributed by atoms with Crippen molar-refractivity contribution in [2.75, 3.05) is 13.7 Å². The van der Waals surface area contributed by atoms with Crippen LogP contribution in [0.2, 0.25) is 0 Å². The van der Waals surface area contributed by atoms with Crippen LogP contribution in [0.4, 0.5) is 0 Å². The summed E-state index contributed by atoms with van der Waals surface area (Å²) in [5.74, 6) is 0.875. The van der Waals surface area contributed by atoms with Crippen LogP contribution in [0, 0.1) is 0 Å². The number of aromatic nitrogens is 2. The molecule has 110 valence electrons. The minimum atomic E-state index is 0.235. The van der Waals surface area contributed by atoms with Crippen LogP contribution in [0.1, 0.15) is 37.6 Å². The van der Waals surface area contributed by atoms with Crippen LogP contribution in [0.15, 0.2) is 23.0 Å². The zero-order valence-electron chi connectivity index (χ0n) is 12.4. The predicted molar refractivity (Wildman–Crippen MR) is 83.5 cm³/mol. The van der Waals surface area contributed by atoms with Crippen LogP contribution < -0.4 is 10.1 Å². The molecule has 0 radical (unpaired) electrons. The highest BCUT2D eigenvalue weighted by Crippen LogP contribution is 2.28. The molecule has 1 atom stereocenters. The van der Waals surface area contributed by atoms with E-state index in [0.29, 0.717) is 0 Å². The van der Waals surface area contributed by atoms with E-state index in [2.05, 4.69) is 45.8 Å². The molecule has 0 aliphatic heterocycles. The number of thiophene rings is 1. The van der Waals surface area contributed by atoms with Gasteiger partial charge in [0.2, 0.25) is 0 Å². The van der Waals surface area contributed by atoms with Gasteiger partial charge in [-0.3, -0.25) is 4.68 Å². The minimum Gasteiger partial charge on any atom is -0.493 e. The molecule has 2 heterocycles. The first-order chi connectivity index (χ1) is 9.80. The molecule has 0 amide bonds. The van der Waals surface area contributed by atoms with Crippen LogP contribution >= 0.6 is 11.3 Å². The van der Waals surface area contributed by atoms with Gasteiger partial charge in [-0.25, -0.2) is 0 Å². The fourth-order valence-electron chi connectivity index (χ4n) is 2.43. The Kier molecular flexibility index (Phi) is 5.61. The first-order valence-electron chi connectivity index (χ1n) is 7.14. The number of rotatable bonds is 8. The average molecular weight is 293 g/mol. The van der Waals surface area contributed by atoms with E-state index in [9.17, 15) is 0 Å².